The molecule has 4 rings (SSSR count). The lowest BCUT2D eigenvalue weighted by Crippen LogP contribution is -2.44. The Morgan fingerprint density at radius 2 is 2.20 bits per heavy atom. The number of rotatable bonds is 2. The molecule has 1 aliphatic rings. The first-order valence-electron chi connectivity index (χ1n) is 6.78. The van der Waals surface area contributed by atoms with E-state index in [4.69, 9.17) is 5.73 Å². The lowest BCUT2D eigenvalue weighted by molar-refractivity contribution is 0.240. The molecule has 3 heterocycles. The minimum absolute atomic E-state index is 0.273. The topological polar surface area (TPSA) is 85.4 Å². The molecule has 3 aromatic rings. The van der Waals surface area contributed by atoms with Crippen LogP contribution in [0.25, 0.3) is 22.6 Å². The van der Waals surface area contributed by atoms with Crippen LogP contribution >= 0.6 is 0 Å². The van der Waals surface area contributed by atoms with E-state index in [1.807, 2.05) is 23.9 Å². The average molecular weight is 268 g/mol. The number of nitrogens with one attached hydrogen (secondary N) is 1. The summed E-state index contributed by atoms with van der Waals surface area (Å²) in [5.74, 6) is 1.72. The highest BCUT2D eigenvalue weighted by Crippen LogP contribution is 2.37. The standard InChI is InChI=1S/C14H16N6/c1-20-11-3-6-16-7-9(11)18-12(20)10-8-17-13(19-10)14(15)4-2-5-14/h3,6-8H,2,4-5,15H2,1H3,(H,17,19). The number of pyridine rings is 1. The quantitative estimate of drug-likeness (QED) is 0.740. The zero-order chi connectivity index (χ0) is 13.7. The van der Waals surface area contributed by atoms with Gasteiger partial charge in [0.2, 0.25) is 0 Å². The van der Waals surface area contributed by atoms with Crippen LogP contribution in [0, 0.1) is 0 Å². The van der Waals surface area contributed by atoms with Crippen molar-refractivity contribution in [2.75, 3.05) is 0 Å². The average Bonchev–Trinajstić information content (AvgIpc) is 3.02. The number of aryl methyl sites for hydroxylation is 1. The fourth-order valence-electron chi connectivity index (χ4n) is 2.77. The number of aromatic nitrogens is 5. The summed E-state index contributed by atoms with van der Waals surface area (Å²) in [5, 5.41) is 0. The van der Waals surface area contributed by atoms with E-state index in [1.165, 1.54) is 6.42 Å². The van der Waals surface area contributed by atoms with Gasteiger partial charge in [0, 0.05) is 13.2 Å². The van der Waals surface area contributed by atoms with Crippen LogP contribution in [0.3, 0.4) is 0 Å². The maximum Gasteiger partial charge on any atom is 0.159 e. The third-order valence-electron chi connectivity index (χ3n) is 4.22. The van der Waals surface area contributed by atoms with E-state index in [-0.39, 0.29) is 5.54 Å². The molecule has 0 bridgehead atoms. The number of H-pyrrole nitrogens is 1. The highest BCUT2D eigenvalue weighted by molar-refractivity contribution is 5.78. The van der Waals surface area contributed by atoms with Gasteiger partial charge in [-0.25, -0.2) is 9.97 Å². The fraction of sp³-hybridized carbons (Fsp3) is 0.357. The summed E-state index contributed by atoms with van der Waals surface area (Å²) in [6.45, 7) is 0. The van der Waals surface area contributed by atoms with Gasteiger partial charge in [0.1, 0.15) is 17.0 Å². The van der Waals surface area contributed by atoms with Gasteiger partial charge in [0.25, 0.3) is 0 Å². The van der Waals surface area contributed by atoms with Crippen LogP contribution in [0.4, 0.5) is 0 Å². The van der Waals surface area contributed by atoms with Gasteiger partial charge in [-0.05, 0) is 25.3 Å². The first-order valence-corrected chi connectivity index (χ1v) is 6.78. The van der Waals surface area contributed by atoms with Crippen LogP contribution in [0.15, 0.2) is 24.7 Å². The molecule has 0 aromatic carbocycles. The number of aromatic amines is 1. The maximum absolute atomic E-state index is 6.30. The minimum atomic E-state index is -0.273. The third kappa shape index (κ3) is 1.51. The lowest BCUT2D eigenvalue weighted by atomic mass is 9.77. The molecular weight excluding hydrogens is 252 g/mol. The van der Waals surface area contributed by atoms with E-state index in [2.05, 4.69) is 19.9 Å². The summed E-state index contributed by atoms with van der Waals surface area (Å²) in [6.07, 6.45) is 8.52. The summed E-state index contributed by atoms with van der Waals surface area (Å²) < 4.78 is 2.04. The molecule has 0 amide bonds. The van der Waals surface area contributed by atoms with E-state index < -0.39 is 0 Å². The Morgan fingerprint density at radius 1 is 1.35 bits per heavy atom. The van der Waals surface area contributed by atoms with E-state index in [0.717, 1.165) is 41.2 Å². The molecule has 0 radical (unpaired) electrons. The SMILES string of the molecule is Cn1c(-c2cnc(C3(N)CCC3)[nH]2)nc2cnccc21. The van der Waals surface area contributed by atoms with E-state index in [9.17, 15) is 0 Å². The lowest BCUT2D eigenvalue weighted by Gasteiger charge is -2.35. The Bertz CT molecular complexity index is 780. The molecule has 6 heteroatoms. The summed E-state index contributed by atoms with van der Waals surface area (Å²) in [7, 11) is 1.99. The second-order valence-corrected chi connectivity index (χ2v) is 5.51. The number of hydrogen-bond acceptors (Lipinski definition) is 4. The van der Waals surface area contributed by atoms with Crippen molar-refractivity contribution in [3.63, 3.8) is 0 Å². The van der Waals surface area contributed by atoms with Gasteiger partial charge in [0.15, 0.2) is 5.82 Å². The minimum Gasteiger partial charge on any atom is -0.338 e. The van der Waals surface area contributed by atoms with E-state index in [0.29, 0.717) is 0 Å². The Morgan fingerprint density at radius 3 is 2.90 bits per heavy atom. The smallest absolute Gasteiger partial charge is 0.159 e. The Balaban J connectivity index is 1.81. The van der Waals surface area contributed by atoms with Crippen molar-refractivity contribution in [1.82, 2.24) is 24.5 Å². The highest BCUT2D eigenvalue weighted by atomic mass is 15.1. The molecule has 1 fully saturated rings. The number of nitrogens with zero attached hydrogens (tertiary/aromatic N) is 4. The normalized spacial score (nSPS) is 17.3. The van der Waals surface area contributed by atoms with Gasteiger partial charge in [-0.1, -0.05) is 0 Å². The molecule has 0 spiro atoms. The van der Waals surface area contributed by atoms with Gasteiger partial charge in [0.05, 0.1) is 23.4 Å². The summed E-state index contributed by atoms with van der Waals surface area (Å²) in [5.41, 5.74) is 8.86. The van der Waals surface area contributed by atoms with Crippen LogP contribution in [0.1, 0.15) is 25.1 Å². The van der Waals surface area contributed by atoms with Crippen LogP contribution in [-0.2, 0) is 12.6 Å². The maximum atomic E-state index is 6.30. The van der Waals surface area contributed by atoms with E-state index >= 15 is 0 Å². The molecule has 0 aliphatic heterocycles. The highest BCUT2D eigenvalue weighted by Gasteiger charge is 2.37. The van der Waals surface area contributed by atoms with Gasteiger partial charge >= 0.3 is 0 Å². The van der Waals surface area contributed by atoms with Crippen LogP contribution < -0.4 is 5.73 Å². The van der Waals surface area contributed by atoms with Crippen molar-refractivity contribution in [3.05, 3.63) is 30.5 Å². The Hall–Kier alpha value is -2.21. The Labute approximate surface area is 116 Å². The Kier molecular flexibility index (Phi) is 2.26. The molecule has 1 saturated carbocycles. The van der Waals surface area contributed by atoms with Gasteiger partial charge in [-0.15, -0.1) is 0 Å². The second-order valence-electron chi connectivity index (χ2n) is 5.51. The van der Waals surface area contributed by atoms with Crippen molar-refractivity contribution in [1.29, 1.82) is 0 Å². The van der Waals surface area contributed by atoms with Crippen LogP contribution in [-0.4, -0.2) is 24.5 Å². The zero-order valence-electron chi connectivity index (χ0n) is 11.3. The molecular formula is C14H16N6. The third-order valence-corrected chi connectivity index (χ3v) is 4.22. The zero-order valence-corrected chi connectivity index (χ0v) is 11.3. The number of hydrogen-bond donors (Lipinski definition) is 2. The molecule has 0 saturated heterocycles. The van der Waals surface area contributed by atoms with Crippen molar-refractivity contribution >= 4 is 11.0 Å². The monoisotopic (exact) mass is 268 g/mol. The van der Waals surface area contributed by atoms with Crippen molar-refractivity contribution < 1.29 is 0 Å². The summed E-state index contributed by atoms with van der Waals surface area (Å²) in [6, 6.07) is 1.96. The summed E-state index contributed by atoms with van der Waals surface area (Å²) >= 11 is 0. The van der Waals surface area contributed by atoms with Crippen molar-refractivity contribution in [3.8, 4) is 11.5 Å². The predicted molar refractivity (Wildman–Crippen MR) is 75.8 cm³/mol. The predicted octanol–water partition coefficient (Wildman–Crippen LogP) is 1.70. The molecule has 20 heavy (non-hydrogen) atoms. The number of nitrogens with two attached hydrogens (primary N) is 1. The number of fused-ring (bicyclic) bond motifs is 1. The van der Waals surface area contributed by atoms with Crippen molar-refractivity contribution in [2.24, 2.45) is 12.8 Å². The number of imidazole rings is 2. The van der Waals surface area contributed by atoms with Crippen molar-refractivity contribution in [2.45, 2.75) is 24.8 Å². The van der Waals surface area contributed by atoms with Gasteiger partial charge in [-0.2, -0.15) is 0 Å². The first-order chi connectivity index (χ1) is 9.67. The molecule has 3 N–H and O–H groups in total. The largest absolute Gasteiger partial charge is 0.338 e. The molecule has 6 nitrogen and oxygen atoms in total. The van der Waals surface area contributed by atoms with Gasteiger partial charge < -0.3 is 15.3 Å². The fourth-order valence-corrected chi connectivity index (χ4v) is 2.77. The van der Waals surface area contributed by atoms with E-state index in [1.54, 1.807) is 12.4 Å². The first kappa shape index (κ1) is 11.6. The molecule has 0 unspecified atom stereocenters. The van der Waals surface area contributed by atoms with Gasteiger partial charge in [-0.3, -0.25) is 4.98 Å². The molecule has 3 aromatic heterocycles. The van der Waals surface area contributed by atoms with Crippen LogP contribution in [0.5, 0.6) is 0 Å². The molecule has 0 atom stereocenters. The van der Waals surface area contributed by atoms with Crippen LogP contribution in [0.2, 0.25) is 0 Å². The summed E-state index contributed by atoms with van der Waals surface area (Å²) in [4.78, 5) is 16.5. The molecule has 1 aliphatic carbocycles. The molecule has 102 valence electrons. The second kappa shape index (κ2) is 3.89.